The van der Waals surface area contributed by atoms with Crippen LogP contribution in [0.1, 0.15) is 36.2 Å². The van der Waals surface area contributed by atoms with Gasteiger partial charge in [-0.15, -0.1) is 0 Å². The molecule has 1 atom stereocenters. The Morgan fingerprint density at radius 2 is 2.17 bits per heavy atom. The lowest BCUT2D eigenvalue weighted by Gasteiger charge is -2.17. The molecule has 116 valence electrons. The minimum atomic E-state index is -0.221. The molecule has 0 aliphatic heterocycles. The van der Waals surface area contributed by atoms with E-state index in [0.717, 1.165) is 6.42 Å². The van der Waals surface area contributed by atoms with Crippen molar-refractivity contribution in [1.29, 1.82) is 5.26 Å². The molecule has 3 rings (SSSR count). The Morgan fingerprint density at radius 1 is 1.39 bits per heavy atom. The van der Waals surface area contributed by atoms with Crippen LogP contribution in [0.15, 0.2) is 47.4 Å². The van der Waals surface area contributed by atoms with Gasteiger partial charge in [-0.2, -0.15) is 5.26 Å². The second-order valence-electron chi connectivity index (χ2n) is 5.30. The molecule has 2 N–H and O–H groups in total. The highest BCUT2D eigenvalue weighted by molar-refractivity contribution is 5.53. The summed E-state index contributed by atoms with van der Waals surface area (Å²) < 4.78 is 1.27. The summed E-state index contributed by atoms with van der Waals surface area (Å²) in [6.07, 6.45) is 2.42. The van der Waals surface area contributed by atoms with Crippen LogP contribution in [0.3, 0.4) is 0 Å². The van der Waals surface area contributed by atoms with Crippen molar-refractivity contribution < 1.29 is 0 Å². The number of benzene rings is 1. The van der Waals surface area contributed by atoms with Crippen molar-refractivity contribution in [3.8, 4) is 6.07 Å². The summed E-state index contributed by atoms with van der Waals surface area (Å²) in [5.41, 5.74) is 2.33. The quantitative estimate of drug-likeness (QED) is 0.756. The number of nitrogens with zero attached hydrogens (tertiary/aromatic N) is 3. The van der Waals surface area contributed by atoms with Crippen molar-refractivity contribution in [2.24, 2.45) is 0 Å². The minimum Gasteiger partial charge on any atom is -0.304 e. The van der Waals surface area contributed by atoms with Gasteiger partial charge in [0.25, 0.3) is 5.56 Å². The third-order valence-electron chi connectivity index (χ3n) is 3.81. The maximum atomic E-state index is 12.1. The first-order chi connectivity index (χ1) is 11.2. The number of aromatic amines is 1. The second-order valence-corrected chi connectivity index (χ2v) is 5.30. The summed E-state index contributed by atoms with van der Waals surface area (Å²) in [5.74, 6) is 0. The molecule has 3 aromatic rings. The molecular formula is C17H17N5O. The van der Waals surface area contributed by atoms with E-state index in [4.69, 9.17) is 5.26 Å². The summed E-state index contributed by atoms with van der Waals surface area (Å²) >= 11 is 0. The fraction of sp³-hybridized carbons (Fsp3) is 0.235. The molecular weight excluding hydrogens is 290 g/mol. The third kappa shape index (κ3) is 3.00. The first-order valence-corrected chi connectivity index (χ1v) is 7.51. The predicted octanol–water partition coefficient (Wildman–Crippen LogP) is 2.14. The van der Waals surface area contributed by atoms with Gasteiger partial charge in [0.15, 0.2) is 5.65 Å². The van der Waals surface area contributed by atoms with Crippen molar-refractivity contribution >= 4 is 5.65 Å². The number of nitrogens with one attached hydrogen (secondary N) is 2. The molecule has 23 heavy (non-hydrogen) atoms. The largest absolute Gasteiger partial charge is 0.304 e. The molecule has 0 saturated heterocycles. The number of rotatable bonds is 5. The van der Waals surface area contributed by atoms with Crippen molar-refractivity contribution in [1.82, 2.24) is 19.9 Å². The van der Waals surface area contributed by atoms with Crippen LogP contribution >= 0.6 is 0 Å². The van der Waals surface area contributed by atoms with E-state index in [-0.39, 0.29) is 11.6 Å². The van der Waals surface area contributed by atoms with Gasteiger partial charge >= 0.3 is 0 Å². The van der Waals surface area contributed by atoms with Gasteiger partial charge in [0.2, 0.25) is 0 Å². The Balaban J connectivity index is 1.84. The smallest absolute Gasteiger partial charge is 0.272 e. The van der Waals surface area contributed by atoms with Gasteiger partial charge in [-0.1, -0.05) is 37.3 Å². The molecule has 6 nitrogen and oxygen atoms in total. The summed E-state index contributed by atoms with van der Waals surface area (Å²) in [6, 6.07) is 13.9. The van der Waals surface area contributed by atoms with E-state index in [2.05, 4.69) is 34.5 Å². The first kappa shape index (κ1) is 15.0. The molecule has 0 aliphatic rings. The molecule has 0 fully saturated rings. The van der Waals surface area contributed by atoms with Crippen LogP contribution in [0.4, 0.5) is 0 Å². The molecule has 0 bridgehead atoms. The van der Waals surface area contributed by atoms with E-state index in [1.165, 1.54) is 22.3 Å². The summed E-state index contributed by atoms with van der Waals surface area (Å²) in [5, 5.41) is 15.2. The molecule has 0 aliphatic carbocycles. The Bertz CT molecular complexity index is 904. The zero-order valence-electron chi connectivity index (χ0n) is 12.8. The lowest BCUT2D eigenvalue weighted by atomic mass is 10.0. The van der Waals surface area contributed by atoms with Crippen LogP contribution in [-0.4, -0.2) is 14.6 Å². The van der Waals surface area contributed by atoms with E-state index in [1.54, 1.807) is 0 Å². The van der Waals surface area contributed by atoms with Crippen LogP contribution in [0.25, 0.3) is 5.65 Å². The molecule has 0 radical (unpaired) electrons. The third-order valence-corrected chi connectivity index (χ3v) is 3.81. The second kappa shape index (κ2) is 6.46. The van der Waals surface area contributed by atoms with Crippen LogP contribution in [-0.2, 0) is 6.54 Å². The van der Waals surface area contributed by atoms with Crippen LogP contribution in [0, 0.1) is 11.3 Å². The van der Waals surface area contributed by atoms with Crippen molar-refractivity contribution in [3.63, 3.8) is 0 Å². The van der Waals surface area contributed by atoms with Gasteiger partial charge in [0.1, 0.15) is 11.6 Å². The lowest BCUT2D eigenvalue weighted by molar-refractivity contribution is 0.514. The van der Waals surface area contributed by atoms with E-state index in [1.807, 2.05) is 24.3 Å². The van der Waals surface area contributed by atoms with Gasteiger partial charge < -0.3 is 5.32 Å². The zero-order valence-corrected chi connectivity index (χ0v) is 12.8. The van der Waals surface area contributed by atoms with Gasteiger partial charge in [-0.05, 0) is 12.0 Å². The van der Waals surface area contributed by atoms with Gasteiger partial charge in [-0.3, -0.25) is 9.89 Å². The topological polar surface area (TPSA) is 86.0 Å². The molecule has 2 heterocycles. The average Bonchev–Trinajstić information content (AvgIpc) is 3.00. The predicted molar refractivity (Wildman–Crippen MR) is 86.8 cm³/mol. The number of hydrogen-bond donors (Lipinski definition) is 2. The zero-order chi connectivity index (χ0) is 16.2. The maximum absolute atomic E-state index is 12.1. The van der Waals surface area contributed by atoms with Crippen LogP contribution < -0.4 is 10.9 Å². The summed E-state index contributed by atoms with van der Waals surface area (Å²) in [7, 11) is 0. The highest BCUT2D eigenvalue weighted by Gasteiger charge is 2.11. The molecule has 1 unspecified atom stereocenters. The lowest BCUT2D eigenvalue weighted by Crippen LogP contribution is -2.23. The molecule has 2 aromatic heterocycles. The standard InChI is InChI=1S/C17H17N5O/c1-2-15(12-6-4-3-5-7-12)19-11-14-8-16(23)22-17(21-14)13(9-18)10-20-22/h3-8,10,15,19-20H,2,11H2,1H3. The summed E-state index contributed by atoms with van der Waals surface area (Å²) in [6.45, 7) is 2.57. The molecule has 1 aromatic carbocycles. The number of fused-ring (bicyclic) bond motifs is 1. The Labute approximate surface area is 133 Å². The fourth-order valence-electron chi connectivity index (χ4n) is 2.61. The number of hydrogen-bond acceptors (Lipinski definition) is 4. The van der Waals surface area contributed by atoms with E-state index in [0.29, 0.717) is 23.4 Å². The number of aromatic nitrogens is 3. The molecule has 0 spiro atoms. The maximum Gasteiger partial charge on any atom is 0.272 e. The highest BCUT2D eigenvalue weighted by Crippen LogP contribution is 2.16. The molecule has 6 heteroatoms. The molecule has 0 saturated carbocycles. The monoisotopic (exact) mass is 307 g/mol. The first-order valence-electron chi connectivity index (χ1n) is 7.51. The summed E-state index contributed by atoms with van der Waals surface area (Å²) in [4.78, 5) is 16.5. The van der Waals surface area contributed by atoms with Crippen molar-refractivity contribution in [3.05, 3.63) is 69.8 Å². The average molecular weight is 307 g/mol. The number of nitriles is 1. The van der Waals surface area contributed by atoms with E-state index < -0.39 is 0 Å². The van der Waals surface area contributed by atoms with Gasteiger partial charge in [-0.25, -0.2) is 9.50 Å². The van der Waals surface area contributed by atoms with Gasteiger partial charge in [0, 0.05) is 24.8 Å². The van der Waals surface area contributed by atoms with Gasteiger partial charge in [0.05, 0.1) is 5.69 Å². The SMILES string of the molecule is CCC(NCc1cc(=O)n2[nH]cc(C#N)c2n1)c1ccccc1. The van der Waals surface area contributed by atoms with E-state index in [9.17, 15) is 4.79 Å². The fourth-order valence-corrected chi connectivity index (χ4v) is 2.61. The Morgan fingerprint density at radius 3 is 2.87 bits per heavy atom. The normalized spacial score (nSPS) is 12.2. The Kier molecular flexibility index (Phi) is 4.22. The minimum absolute atomic E-state index is 0.193. The molecule has 0 amide bonds. The van der Waals surface area contributed by atoms with E-state index >= 15 is 0 Å². The van der Waals surface area contributed by atoms with Crippen molar-refractivity contribution in [2.75, 3.05) is 0 Å². The van der Waals surface area contributed by atoms with Crippen LogP contribution in [0.2, 0.25) is 0 Å². The Hall–Kier alpha value is -2.91. The van der Waals surface area contributed by atoms with Crippen molar-refractivity contribution in [2.45, 2.75) is 25.9 Å². The van der Waals surface area contributed by atoms with Crippen LogP contribution in [0.5, 0.6) is 0 Å². The highest BCUT2D eigenvalue weighted by atomic mass is 16.1. The number of H-pyrrole nitrogens is 1.